The van der Waals surface area contributed by atoms with Crippen LogP contribution in [0.1, 0.15) is 27.5 Å². The number of hydrogen-bond donors (Lipinski definition) is 1. The molecule has 0 saturated heterocycles. The smallest absolute Gasteiger partial charge is 0.342 e. The molecule has 3 rings (SSSR count). The Morgan fingerprint density at radius 1 is 0.871 bits per heavy atom. The number of amides is 1. The van der Waals surface area contributed by atoms with Crippen molar-refractivity contribution in [3.05, 3.63) is 95.6 Å². The lowest BCUT2D eigenvalue weighted by atomic mass is 9.99. The van der Waals surface area contributed by atoms with E-state index in [0.29, 0.717) is 17.9 Å². The topological polar surface area (TPSA) is 73.9 Å². The van der Waals surface area contributed by atoms with Gasteiger partial charge >= 0.3 is 5.97 Å². The lowest BCUT2D eigenvalue weighted by Crippen LogP contribution is -2.33. The molecule has 1 atom stereocenters. The van der Waals surface area contributed by atoms with Crippen molar-refractivity contribution in [1.82, 2.24) is 5.32 Å². The summed E-state index contributed by atoms with van der Waals surface area (Å²) in [6.45, 7) is -0.397. The summed E-state index contributed by atoms with van der Waals surface area (Å²) in [4.78, 5) is 25.0. The zero-order chi connectivity index (χ0) is 22.1. The number of methoxy groups -OCH3 is 2. The van der Waals surface area contributed by atoms with E-state index >= 15 is 0 Å². The molecule has 1 N–H and O–H groups in total. The summed E-state index contributed by atoms with van der Waals surface area (Å²) in [6, 6.07) is 24.1. The first kappa shape index (κ1) is 21.9. The van der Waals surface area contributed by atoms with E-state index in [4.69, 9.17) is 14.2 Å². The maximum absolute atomic E-state index is 12.6. The quantitative estimate of drug-likeness (QED) is 0.532. The minimum atomic E-state index is -0.644. The molecule has 0 aliphatic rings. The van der Waals surface area contributed by atoms with Crippen molar-refractivity contribution in [2.45, 2.75) is 12.5 Å². The highest BCUT2D eigenvalue weighted by atomic mass is 16.5. The molecule has 0 unspecified atom stereocenters. The molecule has 31 heavy (non-hydrogen) atoms. The van der Waals surface area contributed by atoms with Crippen LogP contribution in [0.4, 0.5) is 0 Å². The third-order valence-electron chi connectivity index (χ3n) is 4.78. The molecule has 0 heterocycles. The lowest BCUT2D eigenvalue weighted by molar-refractivity contribution is -0.125. The van der Waals surface area contributed by atoms with Gasteiger partial charge in [-0.05, 0) is 29.7 Å². The van der Waals surface area contributed by atoms with E-state index in [2.05, 4.69) is 5.32 Å². The van der Waals surface area contributed by atoms with Crippen molar-refractivity contribution in [2.75, 3.05) is 20.8 Å². The zero-order valence-corrected chi connectivity index (χ0v) is 17.5. The molecular formula is C25H25NO5. The van der Waals surface area contributed by atoms with Crippen molar-refractivity contribution >= 4 is 11.9 Å². The molecule has 3 aromatic rings. The highest BCUT2D eigenvalue weighted by molar-refractivity contribution is 5.94. The number of hydrogen-bond acceptors (Lipinski definition) is 5. The fourth-order valence-electron chi connectivity index (χ4n) is 3.20. The maximum atomic E-state index is 12.6. The summed E-state index contributed by atoms with van der Waals surface area (Å²) in [7, 11) is 2.97. The summed E-state index contributed by atoms with van der Waals surface area (Å²) in [5.74, 6) is -0.159. The van der Waals surface area contributed by atoms with E-state index < -0.39 is 12.6 Å². The van der Waals surface area contributed by atoms with Crippen LogP contribution in [0.15, 0.2) is 78.9 Å². The molecule has 0 spiro atoms. The first-order valence-electron chi connectivity index (χ1n) is 9.88. The number of ether oxygens (including phenoxy) is 3. The second-order valence-corrected chi connectivity index (χ2v) is 6.86. The minimum Gasteiger partial charge on any atom is -0.497 e. The van der Waals surface area contributed by atoms with Crippen molar-refractivity contribution in [3.8, 4) is 11.5 Å². The first-order chi connectivity index (χ1) is 15.1. The monoisotopic (exact) mass is 419 g/mol. The van der Waals surface area contributed by atoms with Crippen molar-refractivity contribution in [3.63, 3.8) is 0 Å². The van der Waals surface area contributed by atoms with Crippen LogP contribution in [-0.2, 0) is 16.0 Å². The van der Waals surface area contributed by atoms with Crippen LogP contribution < -0.4 is 14.8 Å². The molecule has 0 bridgehead atoms. The van der Waals surface area contributed by atoms with Crippen LogP contribution in [-0.4, -0.2) is 32.7 Å². The summed E-state index contributed by atoms with van der Waals surface area (Å²) in [5, 5.41) is 2.97. The van der Waals surface area contributed by atoms with Gasteiger partial charge in [0.25, 0.3) is 5.91 Å². The van der Waals surface area contributed by atoms with Crippen LogP contribution in [0.2, 0.25) is 0 Å². The minimum absolute atomic E-state index is 0.222. The van der Waals surface area contributed by atoms with Gasteiger partial charge in [0.05, 0.1) is 20.3 Å². The van der Waals surface area contributed by atoms with Gasteiger partial charge in [-0.25, -0.2) is 4.79 Å². The van der Waals surface area contributed by atoms with E-state index in [0.717, 1.165) is 11.1 Å². The SMILES string of the molecule is COc1ccc(C(=O)OCC(=O)N[C@@H](Cc2ccccc2)c2ccccc2)c(OC)c1. The Hall–Kier alpha value is -3.80. The van der Waals surface area contributed by atoms with E-state index in [1.165, 1.54) is 14.2 Å². The Balaban J connectivity index is 1.65. The highest BCUT2D eigenvalue weighted by Crippen LogP contribution is 2.25. The average Bonchev–Trinajstić information content (AvgIpc) is 2.82. The predicted octanol–water partition coefficient (Wildman–Crippen LogP) is 3.96. The van der Waals surface area contributed by atoms with Gasteiger partial charge in [0.15, 0.2) is 6.61 Å². The Morgan fingerprint density at radius 2 is 1.55 bits per heavy atom. The summed E-state index contributed by atoms with van der Waals surface area (Å²) in [5.41, 5.74) is 2.29. The molecule has 0 fully saturated rings. The molecule has 160 valence electrons. The third-order valence-corrected chi connectivity index (χ3v) is 4.78. The molecular weight excluding hydrogens is 394 g/mol. The zero-order valence-electron chi connectivity index (χ0n) is 17.5. The number of esters is 1. The van der Waals surface area contributed by atoms with Crippen LogP contribution in [0.5, 0.6) is 11.5 Å². The van der Waals surface area contributed by atoms with Gasteiger partial charge < -0.3 is 19.5 Å². The standard InChI is InChI=1S/C25H25NO5/c1-29-20-13-14-21(23(16-20)30-2)25(28)31-17-24(27)26-22(19-11-7-4-8-12-19)15-18-9-5-3-6-10-18/h3-14,16,22H,15,17H2,1-2H3,(H,26,27)/t22-/m0/s1. The first-order valence-corrected chi connectivity index (χ1v) is 9.88. The molecule has 6 nitrogen and oxygen atoms in total. The van der Waals surface area contributed by atoms with E-state index in [9.17, 15) is 9.59 Å². The number of nitrogens with one attached hydrogen (secondary N) is 1. The fraction of sp³-hybridized carbons (Fsp3) is 0.200. The number of benzene rings is 3. The van der Waals surface area contributed by atoms with Crippen molar-refractivity contribution in [2.24, 2.45) is 0 Å². The number of carbonyl (C=O) groups is 2. The van der Waals surface area contributed by atoms with Crippen LogP contribution >= 0.6 is 0 Å². The van der Waals surface area contributed by atoms with E-state index in [-0.39, 0.29) is 17.5 Å². The third kappa shape index (κ3) is 6.09. The molecule has 0 aromatic heterocycles. The Kier molecular flexibility index (Phi) is 7.65. The Labute approximate surface area is 181 Å². The molecule has 0 aliphatic heterocycles. The summed E-state index contributed by atoms with van der Waals surface area (Å²) in [6.07, 6.45) is 0.622. The number of carbonyl (C=O) groups excluding carboxylic acids is 2. The van der Waals surface area contributed by atoms with Gasteiger partial charge in [-0.1, -0.05) is 60.7 Å². The van der Waals surface area contributed by atoms with Gasteiger partial charge in [0.2, 0.25) is 0 Å². The molecule has 0 aliphatic carbocycles. The largest absolute Gasteiger partial charge is 0.497 e. The Morgan fingerprint density at radius 3 is 2.19 bits per heavy atom. The molecule has 3 aromatic carbocycles. The Bertz CT molecular complexity index is 1000. The molecule has 0 radical (unpaired) electrons. The van der Waals surface area contributed by atoms with Gasteiger partial charge in [0, 0.05) is 6.07 Å². The lowest BCUT2D eigenvalue weighted by Gasteiger charge is -2.19. The summed E-state index contributed by atoms with van der Waals surface area (Å²) < 4.78 is 15.6. The normalized spacial score (nSPS) is 11.3. The van der Waals surface area contributed by atoms with Gasteiger partial charge in [-0.15, -0.1) is 0 Å². The molecule has 0 saturated carbocycles. The van der Waals surface area contributed by atoms with E-state index in [1.54, 1.807) is 18.2 Å². The molecule has 1 amide bonds. The summed E-state index contributed by atoms with van der Waals surface area (Å²) >= 11 is 0. The van der Waals surface area contributed by atoms with Crippen LogP contribution in [0.3, 0.4) is 0 Å². The molecule has 6 heteroatoms. The second kappa shape index (κ2) is 10.8. The fourth-order valence-corrected chi connectivity index (χ4v) is 3.20. The van der Waals surface area contributed by atoms with Gasteiger partial charge in [-0.3, -0.25) is 4.79 Å². The second-order valence-electron chi connectivity index (χ2n) is 6.86. The van der Waals surface area contributed by atoms with Crippen molar-refractivity contribution < 1.29 is 23.8 Å². The van der Waals surface area contributed by atoms with E-state index in [1.807, 2.05) is 60.7 Å². The number of rotatable bonds is 9. The van der Waals surface area contributed by atoms with Gasteiger partial charge in [-0.2, -0.15) is 0 Å². The van der Waals surface area contributed by atoms with Gasteiger partial charge in [0.1, 0.15) is 17.1 Å². The predicted molar refractivity (Wildman–Crippen MR) is 117 cm³/mol. The van der Waals surface area contributed by atoms with Crippen molar-refractivity contribution in [1.29, 1.82) is 0 Å². The highest BCUT2D eigenvalue weighted by Gasteiger charge is 2.19. The maximum Gasteiger partial charge on any atom is 0.342 e. The average molecular weight is 419 g/mol. The van der Waals surface area contributed by atoms with Crippen LogP contribution in [0.25, 0.3) is 0 Å². The van der Waals surface area contributed by atoms with Crippen LogP contribution in [0, 0.1) is 0 Å².